The molecule has 0 unspecified atom stereocenters. The lowest BCUT2D eigenvalue weighted by Crippen LogP contribution is -2.47. The molecule has 1 saturated heterocycles. The largest absolute Gasteiger partial charge is 0.340 e. The van der Waals surface area contributed by atoms with Crippen LogP contribution in [0.3, 0.4) is 0 Å². The zero-order chi connectivity index (χ0) is 27.2. The van der Waals surface area contributed by atoms with Crippen LogP contribution in [-0.2, 0) is 18.3 Å². The number of nitrogens with one attached hydrogen (secondary N) is 1. The van der Waals surface area contributed by atoms with Crippen LogP contribution < -0.4 is 5.32 Å². The number of carbonyl (C=O) groups excluding carboxylic acids is 2. The first-order valence-electron chi connectivity index (χ1n) is 13.5. The van der Waals surface area contributed by atoms with Gasteiger partial charge in [0.15, 0.2) is 0 Å². The number of imidazole rings is 1. The highest BCUT2D eigenvalue weighted by atomic mass is 16.2. The number of para-hydroxylation sites is 1. The second kappa shape index (κ2) is 12.1. The van der Waals surface area contributed by atoms with Gasteiger partial charge in [0.05, 0.1) is 11.9 Å². The number of likely N-dealkylation sites (N-methyl/N-ethyl adjacent to an activating group) is 1. The first-order valence-corrected chi connectivity index (χ1v) is 13.5. The molecule has 0 bridgehead atoms. The van der Waals surface area contributed by atoms with Gasteiger partial charge in [-0.3, -0.25) is 24.2 Å². The maximum atomic E-state index is 13.3. The molecule has 39 heavy (non-hydrogen) atoms. The number of benzene rings is 2. The van der Waals surface area contributed by atoms with E-state index in [0.29, 0.717) is 17.9 Å². The predicted molar refractivity (Wildman–Crippen MR) is 152 cm³/mol. The molecular weight excluding hydrogens is 490 g/mol. The summed E-state index contributed by atoms with van der Waals surface area (Å²) in [7, 11) is 3.96. The van der Waals surface area contributed by atoms with Crippen LogP contribution >= 0.6 is 0 Å². The number of rotatable bonds is 9. The smallest absolute Gasteiger partial charge is 0.258 e. The lowest BCUT2D eigenvalue weighted by molar-refractivity contribution is -0.132. The zero-order valence-corrected chi connectivity index (χ0v) is 22.6. The number of aromatic nitrogens is 4. The van der Waals surface area contributed by atoms with Crippen molar-refractivity contribution in [2.24, 2.45) is 7.05 Å². The van der Waals surface area contributed by atoms with E-state index in [-0.39, 0.29) is 11.8 Å². The van der Waals surface area contributed by atoms with Crippen molar-refractivity contribution in [2.75, 3.05) is 38.5 Å². The summed E-state index contributed by atoms with van der Waals surface area (Å²) in [6.45, 7) is 3.49. The van der Waals surface area contributed by atoms with Gasteiger partial charge in [-0.05, 0) is 56.1 Å². The fourth-order valence-corrected chi connectivity index (χ4v) is 4.80. The predicted octanol–water partition coefficient (Wildman–Crippen LogP) is 4.01. The van der Waals surface area contributed by atoms with Gasteiger partial charge < -0.3 is 9.80 Å². The van der Waals surface area contributed by atoms with Crippen molar-refractivity contribution in [3.63, 3.8) is 0 Å². The van der Waals surface area contributed by atoms with Crippen LogP contribution in [0.1, 0.15) is 35.3 Å². The minimum atomic E-state index is -0.229. The molecule has 1 aliphatic rings. The van der Waals surface area contributed by atoms with Gasteiger partial charge in [0.25, 0.3) is 5.91 Å². The van der Waals surface area contributed by atoms with E-state index in [9.17, 15) is 9.59 Å². The topological polar surface area (TPSA) is 88.3 Å². The summed E-state index contributed by atoms with van der Waals surface area (Å²) in [5.74, 6) is 0.480. The average molecular weight is 526 g/mol. The molecule has 1 fully saturated rings. The molecule has 0 aliphatic carbocycles. The number of piperazine rings is 1. The Bertz CT molecular complexity index is 1420. The molecule has 202 valence electrons. The van der Waals surface area contributed by atoms with Gasteiger partial charge in [0.1, 0.15) is 0 Å². The van der Waals surface area contributed by atoms with Crippen molar-refractivity contribution >= 4 is 17.8 Å². The van der Waals surface area contributed by atoms with Gasteiger partial charge in [-0.2, -0.15) is 5.10 Å². The number of anilines is 1. The molecule has 0 saturated carbocycles. The number of unbranched alkanes of at least 4 members (excludes halogenated alkanes) is 1. The monoisotopic (exact) mass is 525 g/mol. The number of nitrogens with zero attached hydrogens (tertiary/aromatic N) is 6. The highest BCUT2D eigenvalue weighted by Crippen LogP contribution is 2.22. The van der Waals surface area contributed by atoms with Crippen LogP contribution in [0.15, 0.2) is 73.2 Å². The van der Waals surface area contributed by atoms with Gasteiger partial charge in [-0.25, -0.2) is 4.98 Å². The molecule has 1 aliphatic heterocycles. The van der Waals surface area contributed by atoms with Gasteiger partial charge in [-0.15, -0.1) is 0 Å². The number of amides is 2. The maximum Gasteiger partial charge on any atom is 0.258 e. The van der Waals surface area contributed by atoms with Crippen molar-refractivity contribution in [2.45, 2.75) is 25.7 Å². The van der Waals surface area contributed by atoms with Crippen LogP contribution in [0.4, 0.5) is 5.95 Å². The van der Waals surface area contributed by atoms with Crippen LogP contribution in [0, 0.1) is 0 Å². The van der Waals surface area contributed by atoms with E-state index < -0.39 is 0 Å². The fourth-order valence-electron chi connectivity index (χ4n) is 4.80. The van der Waals surface area contributed by atoms with E-state index in [1.807, 2.05) is 77.4 Å². The minimum Gasteiger partial charge on any atom is -0.340 e. The standard InChI is InChI=1S/C30H35N7O2/c1-34-15-17-36(18-16-34)28(38)14-7-6-11-26-22-37(27-12-4-3-5-13-27)30(32-26)33-29(39)24-10-8-9-23(19-24)25-20-31-35(2)21-25/h3-5,8-10,12-13,19-22H,6-7,11,14-18H2,1-2H3,(H,32,33,39). The Kier molecular flexibility index (Phi) is 8.17. The lowest BCUT2D eigenvalue weighted by atomic mass is 10.1. The Hall–Kier alpha value is -4.24. The molecule has 3 heterocycles. The normalized spacial score (nSPS) is 13.9. The average Bonchev–Trinajstić information content (AvgIpc) is 3.58. The van der Waals surface area contributed by atoms with E-state index in [1.54, 1.807) is 16.9 Å². The molecule has 2 aromatic heterocycles. The molecule has 5 rings (SSSR count). The second-order valence-electron chi connectivity index (χ2n) is 10.1. The van der Waals surface area contributed by atoms with Crippen molar-refractivity contribution in [3.8, 4) is 16.8 Å². The molecule has 0 atom stereocenters. The van der Waals surface area contributed by atoms with E-state index in [0.717, 1.165) is 67.9 Å². The molecular formula is C30H35N7O2. The molecule has 2 aromatic carbocycles. The summed E-state index contributed by atoms with van der Waals surface area (Å²) in [6.07, 6.45) is 8.63. The van der Waals surface area contributed by atoms with E-state index in [2.05, 4.69) is 22.4 Å². The third-order valence-electron chi connectivity index (χ3n) is 7.11. The highest BCUT2D eigenvalue weighted by molar-refractivity contribution is 6.04. The number of hydrogen-bond acceptors (Lipinski definition) is 5. The van der Waals surface area contributed by atoms with Crippen LogP contribution in [0.5, 0.6) is 0 Å². The van der Waals surface area contributed by atoms with Crippen molar-refractivity contribution in [1.82, 2.24) is 29.1 Å². The van der Waals surface area contributed by atoms with Crippen molar-refractivity contribution in [1.29, 1.82) is 0 Å². The van der Waals surface area contributed by atoms with E-state index >= 15 is 0 Å². The quantitative estimate of drug-likeness (QED) is 0.334. The first-order chi connectivity index (χ1) is 19.0. The summed E-state index contributed by atoms with van der Waals surface area (Å²) in [6, 6.07) is 17.3. The SMILES string of the molecule is CN1CCN(C(=O)CCCCc2cn(-c3ccccc3)c(NC(=O)c3cccc(-c4cnn(C)c4)c3)n2)CC1. The van der Waals surface area contributed by atoms with Crippen LogP contribution in [0.25, 0.3) is 16.8 Å². The number of aryl methyl sites for hydroxylation is 2. The third kappa shape index (κ3) is 6.61. The number of carbonyl (C=O) groups is 2. The summed E-state index contributed by atoms with van der Waals surface area (Å²) >= 11 is 0. The van der Waals surface area contributed by atoms with Crippen molar-refractivity contribution < 1.29 is 9.59 Å². The second-order valence-corrected chi connectivity index (χ2v) is 10.1. The molecule has 1 N–H and O–H groups in total. The molecule has 0 radical (unpaired) electrons. The molecule has 9 nitrogen and oxygen atoms in total. The number of hydrogen-bond donors (Lipinski definition) is 1. The van der Waals surface area contributed by atoms with Crippen molar-refractivity contribution in [3.05, 3.63) is 84.4 Å². The summed E-state index contributed by atoms with van der Waals surface area (Å²) in [5.41, 5.74) is 4.22. The lowest BCUT2D eigenvalue weighted by Gasteiger charge is -2.32. The Morgan fingerprint density at radius 1 is 0.897 bits per heavy atom. The third-order valence-corrected chi connectivity index (χ3v) is 7.11. The van der Waals surface area contributed by atoms with Gasteiger partial charge in [0, 0.05) is 68.9 Å². The van der Waals surface area contributed by atoms with Crippen LogP contribution in [0.2, 0.25) is 0 Å². The minimum absolute atomic E-state index is 0.229. The van der Waals surface area contributed by atoms with E-state index in [4.69, 9.17) is 4.98 Å². The summed E-state index contributed by atoms with van der Waals surface area (Å²) < 4.78 is 3.65. The fraction of sp³-hybridized carbons (Fsp3) is 0.333. The molecule has 4 aromatic rings. The van der Waals surface area contributed by atoms with Gasteiger partial charge >= 0.3 is 0 Å². The summed E-state index contributed by atoms with van der Waals surface area (Å²) in [5, 5.41) is 7.24. The Morgan fingerprint density at radius 2 is 1.69 bits per heavy atom. The van der Waals surface area contributed by atoms with Crippen LogP contribution in [-0.4, -0.2) is 74.2 Å². The summed E-state index contributed by atoms with van der Waals surface area (Å²) in [4.78, 5) is 34.8. The Balaban J connectivity index is 1.25. The molecule has 2 amide bonds. The highest BCUT2D eigenvalue weighted by Gasteiger charge is 2.19. The zero-order valence-electron chi connectivity index (χ0n) is 22.6. The maximum absolute atomic E-state index is 13.3. The molecule has 0 spiro atoms. The first kappa shape index (κ1) is 26.4. The Labute approximate surface area is 229 Å². The van der Waals surface area contributed by atoms with Gasteiger partial charge in [-0.1, -0.05) is 30.3 Å². The Morgan fingerprint density at radius 3 is 2.44 bits per heavy atom. The molecule has 9 heteroatoms. The van der Waals surface area contributed by atoms with Gasteiger partial charge in [0.2, 0.25) is 11.9 Å². The van der Waals surface area contributed by atoms with E-state index in [1.165, 1.54) is 0 Å².